The second-order valence-corrected chi connectivity index (χ2v) is 6.61. The Hall–Kier alpha value is -2.49. The van der Waals surface area contributed by atoms with Gasteiger partial charge in [-0.1, -0.05) is 42.0 Å². The van der Waals surface area contributed by atoms with E-state index in [9.17, 15) is 4.79 Å². The van der Waals surface area contributed by atoms with Crippen LogP contribution in [0.15, 0.2) is 42.5 Å². The minimum atomic E-state index is -0.103. The van der Waals surface area contributed by atoms with Gasteiger partial charge in [0.15, 0.2) is 0 Å². The minimum Gasteiger partial charge on any atom is -0.496 e. The maximum Gasteiger partial charge on any atom is 0.315 e. The molecule has 1 aliphatic rings. The molecule has 2 aromatic carbocycles. The average molecular weight is 338 g/mol. The standard InChI is InChI=1S/C21H26N2O2/c1-15-10-11-20(25-2)17(14-15)12-13-22-21(24)23-19-9-5-7-16-6-3-4-8-18(16)19/h3-4,6,8,10-11,14,19H,5,7,9,12-13H2,1-2H3,(H2,22,23,24). The SMILES string of the molecule is COc1ccc(C)cc1CCNC(=O)NC1CCCc2ccccc21. The number of benzene rings is 2. The van der Waals surface area contributed by atoms with Gasteiger partial charge in [-0.15, -0.1) is 0 Å². The zero-order valence-corrected chi connectivity index (χ0v) is 15.0. The molecule has 25 heavy (non-hydrogen) atoms. The summed E-state index contributed by atoms with van der Waals surface area (Å²) in [5.41, 5.74) is 4.91. The van der Waals surface area contributed by atoms with Gasteiger partial charge in [0.1, 0.15) is 5.75 Å². The molecule has 2 aromatic rings. The molecule has 0 bridgehead atoms. The summed E-state index contributed by atoms with van der Waals surface area (Å²) in [5.74, 6) is 0.869. The molecule has 4 heteroatoms. The van der Waals surface area contributed by atoms with Gasteiger partial charge in [0.05, 0.1) is 13.2 Å². The van der Waals surface area contributed by atoms with E-state index < -0.39 is 0 Å². The predicted octanol–water partition coefficient (Wildman–Crippen LogP) is 3.92. The maximum absolute atomic E-state index is 12.3. The largest absolute Gasteiger partial charge is 0.496 e. The first-order valence-electron chi connectivity index (χ1n) is 8.93. The molecule has 0 spiro atoms. The summed E-state index contributed by atoms with van der Waals surface area (Å²) < 4.78 is 5.39. The van der Waals surface area contributed by atoms with Gasteiger partial charge < -0.3 is 15.4 Å². The molecule has 1 unspecified atom stereocenters. The van der Waals surface area contributed by atoms with Crippen LogP contribution in [0.4, 0.5) is 4.79 Å². The fourth-order valence-electron chi connectivity index (χ4n) is 3.53. The lowest BCUT2D eigenvalue weighted by molar-refractivity contribution is 0.235. The first-order chi connectivity index (χ1) is 12.2. The highest BCUT2D eigenvalue weighted by Gasteiger charge is 2.21. The van der Waals surface area contributed by atoms with Crippen LogP contribution in [-0.4, -0.2) is 19.7 Å². The van der Waals surface area contributed by atoms with Crippen LogP contribution < -0.4 is 15.4 Å². The summed E-state index contributed by atoms with van der Waals surface area (Å²) in [6, 6.07) is 14.5. The summed E-state index contributed by atoms with van der Waals surface area (Å²) in [6.07, 6.45) is 3.96. The van der Waals surface area contributed by atoms with Crippen LogP contribution in [0.5, 0.6) is 5.75 Å². The van der Waals surface area contributed by atoms with E-state index in [1.165, 1.54) is 16.7 Å². The second kappa shape index (κ2) is 8.06. The monoisotopic (exact) mass is 338 g/mol. The van der Waals surface area contributed by atoms with E-state index in [0.717, 1.165) is 37.0 Å². The molecule has 0 saturated carbocycles. The van der Waals surface area contributed by atoms with Crippen LogP contribution in [0.2, 0.25) is 0 Å². The number of nitrogens with one attached hydrogen (secondary N) is 2. The fourth-order valence-corrected chi connectivity index (χ4v) is 3.53. The number of urea groups is 1. The van der Waals surface area contributed by atoms with E-state index in [0.29, 0.717) is 6.54 Å². The molecular formula is C21H26N2O2. The molecule has 0 fully saturated rings. The Kier molecular flexibility index (Phi) is 5.59. The van der Waals surface area contributed by atoms with Crippen molar-refractivity contribution in [2.75, 3.05) is 13.7 Å². The Balaban J connectivity index is 1.53. The molecule has 0 aliphatic heterocycles. The Morgan fingerprint density at radius 3 is 2.92 bits per heavy atom. The molecule has 0 heterocycles. The number of fused-ring (bicyclic) bond motifs is 1. The number of hydrogen-bond donors (Lipinski definition) is 2. The van der Waals surface area contributed by atoms with Crippen molar-refractivity contribution in [2.45, 2.75) is 38.6 Å². The quantitative estimate of drug-likeness (QED) is 0.868. The Morgan fingerprint density at radius 1 is 1.24 bits per heavy atom. The highest BCUT2D eigenvalue weighted by molar-refractivity contribution is 5.74. The zero-order chi connectivity index (χ0) is 17.6. The van der Waals surface area contributed by atoms with E-state index in [1.807, 2.05) is 18.2 Å². The van der Waals surface area contributed by atoms with Gasteiger partial charge in [-0.05, 0) is 55.4 Å². The summed E-state index contributed by atoms with van der Waals surface area (Å²) in [6.45, 7) is 2.64. The summed E-state index contributed by atoms with van der Waals surface area (Å²) in [5, 5.41) is 6.09. The van der Waals surface area contributed by atoms with Crippen LogP contribution >= 0.6 is 0 Å². The van der Waals surface area contributed by atoms with Crippen molar-refractivity contribution in [3.05, 3.63) is 64.7 Å². The van der Waals surface area contributed by atoms with Crippen molar-refractivity contribution in [2.24, 2.45) is 0 Å². The number of hydrogen-bond acceptors (Lipinski definition) is 2. The molecule has 132 valence electrons. The topological polar surface area (TPSA) is 50.4 Å². The number of amides is 2. The predicted molar refractivity (Wildman–Crippen MR) is 100 cm³/mol. The number of rotatable bonds is 5. The lowest BCUT2D eigenvalue weighted by Crippen LogP contribution is -2.39. The molecule has 3 rings (SSSR count). The molecule has 1 atom stereocenters. The molecule has 0 aromatic heterocycles. The third-order valence-electron chi connectivity index (χ3n) is 4.79. The van der Waals surface area contributed by atoms with E-state index in [2.05, 4.69) is 41.8 Å². The third-order valence-corrected chi connectivity index (χ3v) is 4.79. The Bertz CT molecular complexity index is 742. The molecule has 4 nitrogen and oxygen atoms in total. The van der Waals surface area contributed by atoms with Crippen molar-refractivity contribution < 1.29 is 9.53 Å². The number of methoxy groups -OCH3 is 1. The molecular weight excluding hydrogens is 312 g/mol. The van der Waals surface area contributed by atoms with E-state index in [4.69, 9.17) is 4.74 Å². The molecule has 2 amide bonds. The van der Waals surface area contributed by atoms with Crippen molar-refractivity contribution in [1.29, 1.82) is 0 Å². The van der Waals surface area contributed by atoms with Crippen molar-refractivity contribution >= 4 is 6.03 Å². The summed E-state index contributed by atoms with van der Waals surface area (Å²) in [7, 11) is 1.68. The van der Waals surface area contributed by atoms with Gasteiger partial charge in [0, 0.05) is 6.54 Å². The normalized spacial score (nSPS) is 16.0. The van der Waals surface area contributed by atoms with Crippen molar-refractivity contribution in [3.63, 3.8) is 0 Å². The van der Waals surface area contributed by atoms with Crippen LogP contribution in [0.3, 0.4) is 0 Å². The Morgan fingerprint density at radius 2 is 2.08 bits per heavy atom. The van der Waals surface area contributed by atoms with Crippen LogP contribution in [-0.2, 0) is 12.8 Å². The summed E-state index contributed by atoms with van der Waals surface area (Å²) >= 11 is 0. The van der Waals surface area contributed by atoms with E-state index in [-0.39, 0.29) is 12.1 Å². The van der Waals surface area contributed by atoms with Crippen LogP contribution in [0.1, 0.15) is 41.1 Å². The smallest absolute Gasteiger partial charge is 0.315 e. The average Bonchev–Trinajstić information content (AvgIpc) is 2.62. The van der Waals surface area contributed by atoms with E-state index >= 15 is 0 Å². The van der Waals surface area contributed by atoms with Crippen molar-refractivity contribution in [3.8, 4) is 5.75 Å². The van der Waals surface area contributed by atoms with Crippen LogP contribution in [0.25, 0.3) is 0 Å². The highest BCUT2D eigenvalue weighted by Crippen LogP contribution is 2.29. The van der Waals surface area contributed by atoms with E-state index in [1.54, 1.807) is 7.11 Å². The maximum atomic E-state index is 12.3. The van der Waals surface area contributed by atoms with Crippen molar-refractivity contribution in [1.82, 2.24) is 10.6 Å². The number of carbonyl (C=O) groups is 1. The third kappa shape index (κ3) is 4.32. The molecule has 0 saturated heterocycles. The van der Waals surface area contributed by atoms with Gasteiger partial charge in [0.2, 0.25) is 0 Å². The van der Waals surface area contributed by atoms with Gasteiger partial charge in [0.25, 0.3) is 0 Å². The minimum absolute atomic E-state index is 0.103. The number of aryl methyl sites for hydroxylation is 2. The first-order valence-corrected chi connectivity index (χ1v) is 8.93. The number of ether oxygens (including phenoxy) is 1. The highest BCUT2D eigenvalue weighted by atomic mass is 16.5. The van der Waals surface area contributed by atoms with Gasteiger partial charge in [-0.2, -0.15) is 0 Å². The van der Waals surface area contributed by atoms with Crippen LogP contribution in [0, 0.1) is 6.92 Å². The molecule has 0 radical (unpaired) electrons. The zero-order valence-electron chi connectivity index (χ0n) is 15.0. The second-order valence-electron chi connectivity index (χ2n) is 6.61. The molecule has 1 aliphatic carbocycles. The van der Waals surface area contributed by atoms with Gasteiger partial charge in [-0.3, -0.25) is 0 Å². The first kappa shape index (κ1) is 17.3. The lowest BCUT2D eigenvalue weighted by Gasteiger charge is -2.26. The Labute approximate surface area is 149 Å². The molecule has 2 N–H and O–H groups in total. The number of carbonyl (C=O) groups excluding carboxylic acids is 1. The van der Waals surface area contributed by atoms with Gasteiger partial charge in [-0.25, -0.2) is 4.79 Å². The lowest BCUT2D eigenvalue weighted by atomic mass is 9.88. The summed E-state index contributed by atoms with van der Waals surface area (Å²) in [4.78, 5) is 12.3. The fraction of sp³-hybridized carbons (Fsp3) is 0.381. The van der Waals surface area contributed by atoms with Gasteiger partial charge >= 0.3 is 6.03 Å².